The standard InChI is InChI=1S/C29H30F2N6O3/c1-16-19-8-10-24(21(19)7-6-20(16)27(39)40-29(2,3)4)32-14-18-12-25(37-28(36-18)34-15-35-37)26(38)33-13-17-5-9-22(30)23(31)11-17/h5-7,9,11-12,15,24,32H,8,10,13-14H2,1-4H3,(H,33,38)/t24-/m0/s1. The molecule has 2 N–H and O–H groups in total. The van der Waals surface area contributed by atoms with Crippen molar-refractivity contribution in [3.8, 4) is 0 Å². The van der Waals surface area contributed by atoms with E-state index in [2.05, 4.69) is 25.7 Å². The van der Waals surface area contributed by atoms with E-state index in [-0.39, 0.29) is 30.0 Å². The van der Waals surface area contributed by atoms with E-state index in [1.807, 2.05) is 39.8 Å². The van der Waals surface area contributed by atoms with Crippen LogP contribution >= 0.6 is 0 Å². The van der Waals surface area contributed by atoms with Gasteiger partial charge in [-0.15, -0.1) is 0 Å². The van der Waals surface area contributed by atoms with Gasteiger partial charge in [0.2, 0.25) is 0 Å². The maximum Gasteiger partial charge on any atom is 0.338 e. The second kappa shape index (κ2) is 10.7. The van der Waals surface area contributed by atoms with Crippen LogP contribution in [0.3, 0.4) is 0 Å². The molecule has 4 aromatic rings. The van der Waals surface area contributed by atoms with Crippen molar-refractivity contribution in [1.29, 1.82) is 0 Å². The van der Waals surface area contributed by atoms with Crippen molar-refractivity contribution in [3.63, 3.8) is 0 Å². The van der Waals surface area contributed by atoms with Crippen LogP contribution in [0.4, 0.5) is 8.78 Å². The van der Waals surface area contributed by atoms with Crippen LogP contribution in [0.15, 0.2) is 42.7 Å². The molecule has 2 aromatic carbocycles. The van der Waals surface area contributed by atoms with Crippen molar-refractivity contribution in [1.82, 2.24) is 30.2 Å². The van der Waals surface area contributed by atoms with Gasteiger partial charge in [-0.05, 0) is 87.1 Å². The van der Waals surface area contributed by atoms with Crippen LogP contribution in [0.25, 0.3) is 5.78 Å². The molecule has 0 saturated carbocycles. The average molecular weight is 549 g/mol. The SMILES string of the molecule is Cc1c(C(=O)OC(C)(C)C)ccc2c1CC[C@@H]2NCc1cc(C(=O)NCc2ccc(F)c(F)c2)n2ncnc2n1. The molecule has 208 valence electrons. The third kappa shape index (κ3) is 5.69. The molecule has 0 unspecified atom stereocenters. The summed E-state index contributed by atoms with van der Waals surface area (Å²) in [6.07, 6.45) is 2.98. The summed E-state index contributed by atoms with van der Waals surface area (Å²) in [5, 5.41) is 10.3. The second-order valence-corrected chi connectivity index (χ2v) is 10.8. The predicted octanol–water partition coefficient (Wildman–Crippen LogP) is 4.37. The van der Waals surface area contributed by atoms with E-state index in [9.17, 15) is 18.4 Å². The number of fused-ring (bicyclic) bond motifs is 2. The Hall–Kier alpha value is -4.25. The smallest absolute Gasteiger partial charge is 0.338 e. The molecule has 0 fully saturated rings. The van der Waals surface area contributed by atoms with Crippen LogP contribution in [0.5, 0.6) is 0 Å². The molecule has 11 heteroatoms. The maximum atomic E-state index is 13.5. The Morgan fingerprint density at radius 3 is 2.65 bits per heavy atom. The summed E-state index contributed by atoms with van der Waals surface area (Å²) < 4.78 is 33.7. The molecular formula is C29H30F2N6O3. The molecular weight excluding hydrogens is 518 g/mol. The van der Waals surface area contributed by atoms with Crippen molar-refractivity contribution in [2.24, 2.45) is 0 Å². The highest BCUT2D eigenvalue weighted by Crippen LogP contribution is 2.35. The van der Waals surface area contributed by atoms with E-state index in [0.29, 0.717) is 23.4 Å². The lowest BCUT2D eigenvalue weighted by Crippen LogP contribution is -2.27. The number of carbonyl (C=O) groups is 2. The minimum atomic E-state index is -0.979. The molecule has 0 bridgehead atoms. The van der Waals surface area contributed by atoms with E-state index in [1.54, 1.807) is 6.07 Å². The molecule has 0 spiro atoms. The molecule has 2 aromatic heterocycles. The van der Waals surface area contributed by atoms with Crippen molar-refractivity contribution >= 4 is 17.7 Å². The number of carbonyl (C=O) groups excluding carboxylic acids is 2. The average Bonchev–Trinajstić information content (AvgIpc) is 3.54. The second-order valence-electron chi connectivity index (χ2n) is 10.8. The number of hydrogen-bond donors (Lipinski definition) is 2. The maximum absolute atomic E-state index is 13.5. The van der Waals surface area contributed by atoms with E-state index in [1.165, 1.54) is 16.9 Å². The fraction of sp³-hybridized carbons (Fsp3) is 0.345. The zero-order chi connectivity index (χ0) is 28.6. The lowest BCUT2D eigenvalue weighted by Gasteiger charge is -2.21. The van der Waals surface area contributed by atoms with Crippen LogP contribution < -0.4 is 10.6 Å². The molecule has 9 nitrogen and oxygen atoms in total. The number of nitrogens with one attached hydrogen (secondary N) is 2. The van der Waals surface area contributed by atoms with Crippen molar-refractivity contribution in [2.45, 2.75) is 65.3 Å². The third-order valence-corrected chi connectivity index (χ3v) is 6.82. The fourth-order valence-corrected chi connectivity index (χ4v) is 4.91. The summed E-state index contributed by atoms with van der Waals surface area (Å²) in [5.41, 5.74) is 4.42. The quantitative estimate of drug-likeness (QED) is 0.330. The first-order valence-electron chi connectivity index (χ1n) is 13.0. The third-order valence-electron chi connectivity index (χ3n) is 6.82. The van der Waals surface area contributed by atoms with Gasteiger partial charge in [0.25, 0.3) is 11.7 Å². The molecule has 0 saturated heterocycles. The highest BCUT2D eigenvalue weighted by Gasteiger charge is 2.28. The molecule has 5 rings (SSSR count). The van der Waals surface area contributed by atoms with Crippen LogP contribution in [0.2, 0.25) is 0 Å². The van der Waals surface area contributed by atoms with Gasteiger partial charge in [0, 0.05) is 19.1 Å². The minimum Gasteiger partial charge on any atom is -0.456 e. The lowest BCUT2D eigenvalue weighted by atomic mass is 9.97. The van der Waals surface area contributed by atoms with Gasteiger partial charge in [-0.3, -0.25) is 4.79 Å². The predicted molar refractivity (Wildman–Crippen MR) is 143 cm³/mol. The highest BCUT2D eigenvalue weighted by molar-refractivity contribution is 5.93. The number of aromatic nitrogens is 4. The number of ether oxygens (including phenoxy) is 1. The number of hydrogen-bond acceptors (Lipinski definition) is 7. The molecule has 0 aliphatic heterocycles. The van der Waals surface area contributed by atoms with Crippen LogP contribution in [0.1, 0.15) is 82.0 Å². The first-order chi connectivity index (χ1) is 19.0. The summed E-state index contributed by atoms with van der Waals surface area (Å²) in [6, 6.07) is 8.93. The first kappa shape index (κ1) is 27.3. The monoisotopic (exact) mass is 548 g/mol. The Balaban J connectivity index is 1.30. The Kier molecular flexibility index (Phi) is 7.33. The van der Waals surface area contributed by atoms with E-state index >= 15 is 0 Å². The van der Waals surface area contributed by atoms with Crippen molar-refractivity contribution in [2.75, 3.05) is 0 Å². The zero-order valence-corrected chi connectivity index (χ0v) is 22.7. The van der Waals surface area contributed by atoms with Crippen molar-refractivity contribution in [3.05, 3.63) is 93.6 Å². The largest absolute Gasteiger partial charge is 0.456 e. The van der Waals surface area contributed by atoms with Crippen LogP contribution in [-0.4, -0.2) is 37.1 Å². The Bertz CT molecular complexity index is 1610. The topological polar surface area (TPSA) is 111 Å². The Morgan fingerprint density at radius 2 is 1.90 bits per heavy atom. The molecule has 1 aliphatic rings. The zero-order valence-electron chi connectivity index (χ0n) is 22.7. The van der Waals surface area contributed by atoms with Gasteiger partial charge in [0.05, 0.1) is 11.3 Å². The van der Waals surface area contributed by atoms with Gasteiger partial charge in [0.15, 0.2) is 11.6 Å². The number of nitrogens with zero attached hydrogens (tertiary/aromatic N) is 4. The number of rotatable bonds is 7. The normalized spacial score (nSPS) is 14.8. The van der Waals surface area contributed by atoms with Gasteiger partial charge in [-0.2, -0.15) is 14.6 Å². The minimum absolute atomic E-state index is 0.00558. The first-order valence-corrected chi connectivity index (χ1v) is 13.0. The lowest BCUT2D eigenvalue weighted by molar-refractivity contribution is 0.00684. The number of amides is 1. The number of benzene rings is 2. The summed E-state index contributed by atoms with van der Waals surface area (Å²) in [4.78, 5) is 34.3. The van der Waals surface area contributed by atoms with Crippen LogP contribution in [-0.2, 0) is 24.2 Å². The Morgan fingerprint density at radius 1 is 1.10 bits per heavy atom. The van der Waals surface area contributed by atoms with Gasteiger partial charge in [0.1, 0.15) is 17.6 Å². The van der Waals surface area contributed by atoms with Gasteiger partial charge in [-0.1, -0.05) is 12.1 Å². The Labute approximate surface area is 230 Å². The summed E-state index contributed by atoms with van der Waals surface area (Å²) in [7, 11) is 0. The molecule has 1 atom stereocenters. The number of halogens is 2. The van der Waals surface area contributed by atoms with Gasteiger partial charge >= 0.3 is 5.97 Å². The molecule has 0 radical (unpaired) electrons. The van der Waals surface area contributed by atoms with Crippen LogP contribution in [0, 0.1) is 18.6 Å². The molecule has 1 aliphatic carbocycles. The van der Waals surface area contributed by atoms with E-state index in [0.717, 1.165) is 41.7 Å². The number of esters is 1. The van der Waals surface area contributed by atoms with E-state index < -0.39 is 23.1 Å². The highest BCUT2D eigenvalue weighted by atomic mass is 19.2. The van der Waals surface area contributed by atoms with Crippen molar-refractivity contribution < 1.29 is 23.1 Å². The van der Waals surface area contributed by atoms with E-state index in [4.69, 9.17) is 4.74 Å². The molecule has 2 heterocycles. The molecule has 40 heavy (non-hydrogen) atoms. The summed E-state index contributed by atoms with van der Waals surface area (Å²) >= 11 is 0. The summed E-state index contributed by atoms with van der Waals surface area (Å²) in [6.45, 7) is 7.86. The van der Waals surface area contributed by atoms with Gasteiger partial charge < -0.3 is 15.4 Å². The molecule has 1 amide bonds. The summed E-state index contributed by atoms with van der Waals surface area (Å²) in [5.74, 6) is -2.45. The van der Waals surface area contributed by atoms with Gasteiger partial charge in [-0.25, -0.2) is 18.6 Å². The fourth-order valence-electron chi connectivity index (χ4n) is 4.91.